The average molecular weight is 491 g/mol. The molecule has 3 rings (SSSR count). The van der Waals surface area contributed by atoms with E-state index in [2.05, 4.69) is 5.32 Å². The zero-order chi connectivity index (χ0) is 24.6. The Morgan fingerprint density at radius 1 is 1.24 bits per heavy atom. The summed E-state index contributed by atoms with van der Waals surface area (Å²) in [5.41, 5.74) is -1.09. The molecule has 1 atom stereocenters. The molecule has 0 aromatic heterocycles. The maximum absolute atomic E-state index is 13.0. The summed E-state index contributed by atoms with van der Waals surface area (Å²) >= 11 is 0. The molecule has 13 heteroatoms. The van der Waals surface area contributed by atoms with Gasteiger partial charge in [-0.2, -0.15) is 13.2 Å². The van der Waals surface area contributed by atoms with Crippen LogP contribution in [0.5, 0.6) is 0 Å². The number of amides is 2. The lowest BCUT2D eigenvalue weighted by Gasteiger charge is -2.32. The van der Waals surface area contributed by atoms with Gasteiger partial charge in [-0.05, 0) is 44.9 Å². The molecule has 1 fully saturated rings. The zero-order valence-electron chi connectivity index (χ0n) is 18.0. The van der Waals surface area contributed by atoms with Crippen LogP contribution in [-0.2, 0) is 35.3 Å². The molecule has 0 spiro atoms. The van der Waals surface area contributed by atoms with E-state index in [-0.39, 0.29) is 43.1 Å². The Balaban J connectivity index is 1.67. The molecule has 1 saturated heterocycles. The number of hydrogen-bond acceptors (Lipinski definition) is 6. The first-order valence-corrected chi connectivity index (χ1v) is 11.9. The van der Waals surface area contributed by atoms with Crippen molar-refractivity contribution < 1.29 is 40.7 Å². The number of anilines is 2. The molecule has 1 unspecified atom stereocenters. The number of benzene rings is 1. The Labute approximate surface area is 188 Å². The summed E-state index contributed by atoms with van der Waals surface area (Å²) in [6.07, 6.45) is -5.43. The number of alkyl halides is 3. The fourth-order valence-electron chi connectivity index (χ4n) is 3.76. The molecule has 1 aromatic carbocycles. The molecule has 9 nitrogen and oxygen atoms in total. The largest absolute Gasteiger partial charge is 0.452 e. The highest BCUT2D eigenvalue weighted by molar-refractivity contribution is 7.89. The SMILES string of the molecule is CCS(=O)(=O)N1CCC(C(=O)OC(C)C(=O)N2CC(=O)Nc3cc(C(F)(F)F)ccc32)CC1. The van der Waals surface area contributed by atoms with Crippen molar-refractivity contribution in [3.05, 3.63) is 23.8 Å². The van der Waals surface area contributed by atoms with Crippen LogP contribution in [0.2, 0.25) is 0 Å². The molecule has 1 N–H and O–H groups in total. The molecular weight excluding hydrogens is 467 g/mol. The topological polar surface area (TPSA) is 113 Å². The standard InChI is InChI=1S/C20H24F3N3O6S/c1-3-33(30,31)25-8-6-13(7-9-25)19(29)32-12(2)18(28)26-11-17(27)24-15-10-14(20(21,22)23)4-5-16(15)26/h4-5,10,12-13H,3,6-9,11H2,1-2H3,(H,24,27). The van der Waals surface area contributed by atoms with E-state index in [1.807, 2.05) is 0 Å². The first kappa shape index (κ1) is 25.0. The molecule has 1 aromatic rings. The van der Waals surface area contributed by atoms with Gasteiger partial charge in [0.1, 0.15) is 6.54 Å². The van der Waals surface area contributed by atoms with Crippen LogP contribution in [0.3, 0.4) is 0 Å². The lowest BCUT2D eigenvalue weighted by molar-refractivity contribution is -0.159. The van der Waals surface area contributed by atoms with Gasteiger partial charge >= 0.3 is 12.1 Å². The van der Waals surface area contributed by atoms with Crippen LogP contribution in [0.1, 0.15) is 32.3 Å². The van der Waals surface area contributed by atoms with Crippen molar-refractivity contribution in [2.75, 3.05) is 35.6 Å². The van der Waals surface area contributed by atoms with Gasteiger partial charge in [0.15, 0.2) is 6.10 Å². The molecule has 2 heterocycles. The highest BCUT2D eigenvalue weighted by Crippen LogP contribution is 2.37. The third-order valence-corrected chi connectivity index (χ3v) is 7.52. The van der Waals surface area contributed by atoms with Crippen LogP contribution < -0.4 is 10.2 Å². The number of fused-ring (bicyclic) bond motifs is 1. The molecule has 0 bridgehead atoms. The highest BCUT2D eigenvalue weighted by Gasteiger charge is 2.37. The van der Waals surface area contributed by atoms with Gasteiger partial charge in [0.25, 0.3) is 5.91 Å². The molecule has 2 aliphatic rings. The van der Waals surface area contributed by atoms with E-state index < -0.39 is 58.1 Å². The predicted octanol–water partition coefficient (Wildman–Crippen LogP) is 1.98. The lowest BCUT2D eigenvalue weighted by atomic mass is 9.98. The molecule has 182 valence electrons. The third-order valence-electron chi connectivity index (χ3n) is 5.64. The van der Waals surface area contributed by atoms with Crippen LogP contribution in [0.25, 0.3) is 0 Å². The number of esters is 1. The second-order valence-electron chi connectivity index (χ2n) is 7.86. The number of carbonyl (C=O) groups is 3. The fourth-order valence-corrected chi connectivity index (χ4v) is 4.89. The van der Waals surface area contributed by atoms with E-state index in [1.165, 1.54) is 18.2 Å². The van der Waals surface area contributed by atoms with E-state index >= 15 is 0 Å². The van der Waals surface area contributed by atoms with Gasteiger partial charge in [0.05, 0.1) is 28.6 Å². The molecule has 0 radical (unpaired) electrons. The summed E-state index contributed by atoms with van der Waals surface area (Å²) in [6, 6.07) is 2.61. The van der Waals surface area contributed by atoms with Crippen LogP contribution in [0.15, 0.2) is 18.2 Å². The number of hydrogen-bond donors (Lipinski definition) is 1. The van der Waals surface area contributed by atoms with Crippen molar-refractivity contribution in [2.24, 2.45) is 5.92 Å². The number of rotatable bonds is 5. The highest BCUT2D eigenvalue weighted by atomic mass is 32.2. The predicted molar refractivity (Wildman–Crippen MR) is 112 cm³/mol. The summed E-state index contributed by atoms with van der Waals surface area (Å²) < 4.78 is 69.4. The molecule has 0 aliphatic carbocycles. The smallest absolute Gasteiger partial charge is 0.416 e. The second-order valence-corrected chi connectivity index (χ2v) is 10.1. The number of carbonyl (C=O) groups excluding carboxylic acids is 3. The normalized spacial score (nSPS) is 18.9. The minimum absolute atomic E-state index is 0.0387. The van der Waals surface area contributed by atoms with Crippen molar-refractivity contribution >= 4 is 39.2 Å². The number of nitrogens with zero attached hydrogens (tertiary/aromatic N) is 2. The number of nitrogens with one attached hydrogen (secondary N) is 1. The van der Waals surface area contributed by atoms with Crippen molar-refractivity contribution in [1.29, 1.82) is 0 Å². The minimum atomic E-state index is -4.62. The first-order valence-electron chi connectivity index (χ1n) is 10.3. The van der Waals surface area contributed by atoms with Gasteiger partial charge in [-0.3, -0.25) is 19.3 Å². The number of ether oxygens (including phenoxy) is 1. The van der Waals surface area contributed by atoms with Crippen LogP contribution in [-0.4, -0.2) is 62.0 Å². The van der Waals surface area contributed by atoms with Crippen LogP contribution >= 0.6 is 0 Å². The Kier molecular flexibility index (Phi) is 7.03. The van der Waals surface area contributed by atoms with Gasteiger partial charge in [0.2, 0.25) is 15.9 Å². The molecular formula is C20H24F3N3O6S. The third kappa shape index (κ3) is 5.46. The Morgan fingerprint density at radius 3 is 2.45 bits per heavy atom. The molecule has 33 heavy (non-hydrogen) atoms. The zero-order valence-corrected chi connectivity index (χ0v) is 18.8. The van der Waals surface area contributed by atoms with Crippen molar-refractivity contribution in [2.45, 2.75) is 39.0 Å². The van der Waals surface area contributed by atoms with Gasteiger partial charge in [-0.1, -0.05) is 0 Å². The quantitative estimate of drug-likeness (QED) is 0.631. The van der Waals surface area contributed by atoms with Gasteiger partial charge in [0, 0.05) is 13.1 Å². The van der Waals surface area contributed by atoms with Crippen LogP contribution in [0.4, 0.5) is 24.5 Å². The van der Waals surface area contributed by atoms with Gasteiger partial charge in [-0.15, -0.1) is 0 Å². The van der Waals surface area contributed by atoms with Crippen molar-refractivity contribution in [3.63, 3.8) is 0 Å². The monoisotopic (exact) mass is 491 g/mol. The second kappa shape index (κ2) is 9.29. The Bertz CT molecular complexity index is 1050. The number of halogens is 3. The first-order chi connectivity index (χ1) is 15.3. The molecule has 0 saturated carbocycles. The summed E-state index contributed by atoms with van der Waals surface area (Å²) in [4.78, 5) is 38.4. The fraction of sp³-hybridized carbons (Fsp3) is 0.550. The van der Waals surface area contributed by atoms with E-state index in [0.29, 0.717) is 0 Å². The van der Waals surface area contributed by atoms with Gasteiger partial charge in [-0.25, -0.2) is 12.7 Å². The Hall–Kier alpha value is -2.67. The maximum Gasteiger partial charge on any atom is 0.416 e. The lowest BCUT2D eigenvalue weighted by Crippen LogP contribution is -2.48. The number of sulfonamides is 1. The van der Waals surface area contributed by atoms with E-state index in [1.54, 1.807) is 0 Å². The van der Waals surface area contributed by atoms with Crippen molar-refractivity contribution in [1.82, 2.24) is 4.31 Å². The summed E-state index contributed by atoms with van der Waals surface area (Å²) in [7, 11) is -3.36. The minimum Gasteiger partial charge on any atom is -0.452 e. The van der Waals surface area contributed by atoms with E-state index in [4.69, 9.17) is 4.74 Å². The summed E-state index contributed by atoms with van der Waals surface area (Å²) in [6.45, 7) is 2.74. The summed E-state index contributed by atoms with van der Waals surface area (Å²) in [5, 5.41) is 2.32. The van der Waals surface area contributed by atoms with E-state index in [0.717, 1.165) is 23.1 Å². The molecule has 2 amide bonds. The number of piperidine rings is 1. The maximum atomic E-state index is 13.0. The molecule has 2 aliphatic heterocycles. The van der Waals surface area contributed by atoms with Gasteiger partial charge < -0.3 is 10.1 Å². The Morgan fingerprint density at radius 2 is 1.88 bits per heavy atom. The summed E-state index contributed by atoms with van der Waals surface area (Å²) in [5.74, 6) is -2.74. The van der Waals surface area contributed by atoms with Crippen molar-refractivity contribution in [3.8, 4) is 0 Å². The van der Waals surface area contributed by atoms with E-state index in [9.17, 15) is 36.0 Å². The average Bonchev–Trinajstić information content (AvgIpc) is 2.76. The van der Waals surface area contributed by atoms with Crippen LogP contribution in [0, 0.1) is 5.92 Å².